The Bertz CT molecular complexity index is 629. The van der Waals surface area contributed by atoms with Crippen molar-refractivity contribution >= 4 is 0 Å². The van der Waals surface area contributed by atoms with Crippen molar-refractivity contribution in [2.45, 2.75) is 30.9 Å². The van der Waals surface area contributed by atoms with Gasteiger partial charge in [0, 0.05) is 11.1 Å². The van der Waals surface area contributed by atoms with E-state index in [0.29, 0.717) is 0 Å². The first-order valence-electron chi connectivity index (χ1n) is 8.13. The third-order valence-electron chi connectivity index (χ3n) is 4.33. The Morgan fingerprint density at radius 2 is 1.12 bits per heavy atom. The SMILES string of the molecule is OC1[C@@H]2COC(c3ccccc3)OC[C@H]1OC(c1ccccc1)O2. The fourth-order valence-corrected chi connectivity index (χ4v) is 3.01. The molecule has 5 nitrogen and oxygen atoms in total. The van der Waals surface area contributed by atoms with Gasteiger partial charge in [-0.25, -0.2) is 0 Å². The van der Waals surface area contributed by atoms with Crippen LogP contribution in [0.4, 0.5) is 0 Å². The number of ether oxygens (including phenoxy) is 4. The topological polar surface area (TPSA) is 57.2 Å². The Kier molecular flexibility index (Phi) is 4.60. The van der Waals surface area contributed by atoms with Gasteiger partial charge in [0.15, 0.2) is 12.6 Å². The minimum Gasteiger partial charge on any atom is -0.388 e. The van der Waals surface area contributed by atoms with Crippen LogP contribution in [0.3, 0.4) is 0 Å². The van der Waals surface area contributed by atoms with E-state index in [1.807, 2.05) is 60.7 Å². The van der Waals surface area contributed by atoms with E-state index in [1.54, 1.807) is 0 Å². The molecule has 2 bridgehead atoms. The van der Waals surface area contributed by atoms with Gasteiger partial charge in [0.2, 0.25) is 0 Å². The van der Waals surface area contributed by atoms with Gasteiger partial charge in [-0.05, 0) is 0 Å². The van der Waals surface area contributed by atoms with Crippen LogP contribution in [-0.2, 0) is 18.9 Å². The zero-order valence-corrected chi connectivity index (χ0v) is 13.2. The molecule has 1 N–H and O–H groups in total. The third kappa shape index (κ3) is 3.22. The summed E-state index contributed by atoms with van der Waals surface area (Å²) in [4.78, 5) is 0. The minimum atomic E-state index is -0.776. The summed E-state index contributed by atoms with van der Waals surface area (Å²) in [5.41, 5.74) is 1.85. The number of aliphatic hydroxyl groups is 1. The van der Waals surface area contributed by atoms with Crippen molar-refractivity contribution in [3.8, 4) is 0 Å². The maximum absolute atomic E-state index is 10.4. The number of benzene rings is 2. The predicted molar refractivity (Wildman–Crippen MR) is 86.0 cm³/mol. The van der Waals surface area contributed by atoms with Crippen molar-refractivity contribution in [3.05, 3.63) is 71.8 Å². The lowest BCUT2D eigenvalue weighted by Crippen LogP contribution is -2.52. The molecule has 0 saturated carbocycles. The zero-order valence-electron chi connectivity index (χ0n) is 13.2. The van der Waals surface area contributed by atoms with E-state index in [9.17, 15) is 5.11 Å². The normalized spacial score (nSPS) is 33.5. The van der Waals surface area contributed by atoms with E-state index < -0.39 is 30.9 Å². The molecule has 5 atom stereocenters. The molecule has 2 saturated heterocycles. The number of hydrogen-bond acceptors (Lipinski definition) is 5. The molecule has 2 aromatic rings. The standard InChI is InChI=1S/C19H20O5/c20-17-15-11-21-18(13-7-3-1-4-8-13)22-12-16(17)24-19(23-15)14-9-5-2-6-10-14/h1-10,15-20H,11-12H2/t15-,16+,17?,18?,19?. The lowest BCUT2D eigenvalue weighted by atomic mass is 10.1. The quantitative estimate of drug-likeness (QED) is 0.918. The van der Waals surface area contributed by atoms with Gasteiger partial charge in [-0.1, -0.05) is 60.7 Å². The summed E-state index contributed by atoms with van der Waals surface area (Å²) >= 11 is 0. The van der Waals surface area contributed by atoms with Crippen molar-refractivity contribution in [2.24, 2.45) is 0 Å². The molecule has 4 rings (SSSR count). The van der Waals surface area contributed by atoms with Gasteiger partial charge >= 0.3 is 0 Å². The van der Waals surface area contributed by atoms with E-state index in [1.165, 1.54) is 0 Å². The number of fused-ring (bicyclic) bond motifs is 2. The zero-order chi connectivity index (χ0) is 16.4. The molecule has 0 spiro atoms. The highest BCUT2D eigenvalue weighted by molar-refractivity contribution is 5.17. The number of rotatable bonds is 2. The van der Waals surface area contributed by atoms with Crippen LogP contribution in [0.5, 0.6) is 0 Å². The fraction of sp³-hybridized carbons (Fsp3) is 0.368. The average Bonchev–Trinajstić information content (AvgIpc) is 2.65. The van der Waals surface area contributed by atoms with Gasteiger partial charge in [-0.15, -0.1) is 0 Å². The molecule has 126 valence electrons. The van der Waals surface area contributed by atoms with Gasteiger partial charge in [-0.3, -0.25) is 0 Å². The minimum absolute atomic E-state index is 0.240. The smallest absolute Gasteiger partial charge is 0.184 e. The lowest BCUT2D eigenvalue weighted by molar-refractivity contribution is -0.333. The summed E-state index contributed by atoms with van der Waals surface area (Å²) < 4.78 is 23.5. The highest BCUT2D eigenvalue weighted by Crippen LogP contribution is 2.33. The van der Waals surface area contributed by atoms with E-state index >= 15 is 0 Å². The molecule has 5 heteroatoms. The molecule has 2 heterocycles. The van der Waals surface area contributed by atoms with Crippen molar-refractivity contribution < 1.29 is 24.1 Å². The molecule has 24 heavy (non-hydrogen) atoms. The molecular formula is C19H20O5. The Morgan fingerprint density at radius 1 is 0.667 bits per heavy atom. The molecule has 2 fully saturated rings. The fourth-order valence-electron chi connectivity index (χ4n) is 3.01. The summed E-state index contributed by atoms with van der Waals surface area (Å²) in [6.07, 6.45) is -2.69. The van der Waals surface area contributed by atoms with E-state index in [0.717, 1.165) is 11.1 Å². The number of aliphatic hydroxyl groups excluding tert-OH is 1. The van der Waals surface area contributed by atoms with E-state index in [-0.39, 0.29) is 13.2 Å². The van der Waals surface area contributed by atoms with Crippen LogP contribution in [0.25, 0.3) is 0 Å². The second kappa shape index (κ2) is 7.01. The highest BCUT2D eigenvalue weighted by Gasteiger charge is 2.41. The van der Waals surface area contributed by atoms with Gasteiger partial charge in [-0.2, -0.15) is 0 Å². The summed E-state index contributed by atoms with van der Waals surface area (Å²) in [6.45, 7) is 0.480. The molecule has 2 aliphatic rings. The second-order valence-corrected chi connectivity index (χ2v) is 5.99. The average molecular weight is 328 g/mol. The molecular weight excluding hydrogens is 308 g/mol. The lowest BCUT2D eigenvalue weighted by Gasteiger charge is -2.42. The van der Waals surface area contributed by atoms with Gasteiger partial charge in [0.25, 0.3) is 0 Å². The molecule has 3 unspecified atom stereocenters. The second-order valence-electron chi connectivity index (χ2n) is 5.99. The molecule has 2 aliphatic heterocycles. The van der Waals surface area contributed by atoms with Crippen LogP contribution in [-0.4, -0.2) is 36.6 Å². The van der Waals surface area contributed by atoms with Crippen LogP contribution >= 0.6 is 0 Å². The summed E-state index contributed by atoms with van der Waals surface area (Å²) in [6, 6.07) is 19.4. The van der Waals surface area contributed by atoms with Crippen LogP contribution in [0.1, 0.15) is 23.7 Å². The maximum atomic E-state index is 10.4. The highest BCUT2D eigenvalue weighted by atomic mass is 16.7. The first kappa shape index (κ1) is 15.7. The van der Waals surface area contributed by atoms with E-state index in [2.05, 4.69) is 0 Å². The first-order valence-corrected chi connectivity index (χ1v) is 8.13. The summed E-state index contributed by atoms with van der Waals surface area (Å²) in [5.74, 6) is 0. The van der Waals surface area contributed by atoms with Crippen LogP contribution in [0.2, 0.25) is 0 Å². The predicted octanol–water partition coefficient (Wildman–Crippen LogP) is 2.58. The van der Waals surface area contributed by atoms with Gasteiger partial charge < -0.3 is 24.1 Å². The van der Waals surface area contributed by atoms with Crippen LogP contribution in [0, 0.1) is 0 Å². The van der Waals surface area contributed by atoms with Crippen LogP contribution < -0.4 is 0 Å². The molecule has 0 aliphatic carbocycles. The maximum Gasteiger partial charge on any atom is 0.184 e. The Morgan fingerprint density at radius 3 is 1.62 bits per heavy atom. The Balaban J connectivity index is 1.51. The van der Waals surface area contributed by atoms with E-state index in [4.69, 9.17) is 18.9 Å². The first-order chi connectivity index (χ1) is 11.8. The molecule has 0 amide bonds. The largest absolute Gasteiger partial charge is 0.388 e. The van der Waals surface area contributed by atoms with Gasteiger partial charge in [0.05, 0.1) is 13.2 Å². The van der Waals surface area contributed by atoms with Crippen LogP contribution in [0.15, 0.2) is 60.7 Å². The van der Waals surface area contributed by atoms with Crippen molar-refractivity contribution in [3.63, 3.8) is 0 Å². The van der Waals surface area contributed by atoms with Crippen molar-refractivity contribution in [1.82, 2.24) is 0 Å². The third-order valence-corrected chi connectivity index (χ3v) is 4.33. The monoisotopic (exact) mass is 328 g/mol. The Hall–Kier alpha value is -1.76. The van der Waals surface area contributed by atoms with Crippen molar-refractivity contribution in [2.75, 3.05) is 13.2 Å². The van der Waals surface area contributed by atoms with Gasteiger partial charge in [0.1, 0.15) is 18.3 Å². The number of hydrogen-bond donors (Lipinski definition) is 1. The summed E-state index contributed by atoms with van der Waals surface area (Å²) in [7, 11) is 0. The summed E-state index contributed by atoms with van der Waals surface area (Å²) in [5, 5.41) is 10.4. The molecule has 2 aromatic carbocycles. The van der Waals surface area contributed by atoms with Crippen molar-refractivity contribution in [1.29, 1.82) is 0 Å². The molecule has 0 aromatic heterocycles. The molecule has 0 radical (unpaired) electrons. The Labute approximate surface area is 140 Å².